The van der Waals surface area contributed by atoms with Crippen molar-refractivity contribution in [2.45, 2.75) is 55.9 Å². The maximum Gasteiger partial charge on any atom is 0.303 e. The molecule has 7 nitrogen and oxygen atoms in total. The van der Waals surface area contributed by atoms with Crippen LogP contribution < -0.4 is 19.4 Å². The number of hydrogen-bond acceptors (Lipinski definition) is 5. The zero-order valence-electron chi connectivity index (χ0n) is 21.8. The van der Waals surface area contributed by atoms with Crippen LogP contribution in [0, 0.1) is 5.82 Å². The van der Waals surface area contributed by atoms with Gasteiger partial charge in [0.15, 0.2) is 0 Å². The fourth-order valence-corrected chi connectivity index (χ4v) is 7.46. The van der Waals surface area contributed by atoms with Crippen LogP contribution in [0.4, 0.5) is 21.5 Å². The molecule has 1 spiro atoms. The number of halogens is 1. The van der Waals surface area contributed by atoms with Gasteiger partial charge >= 0.3 is 5.97 Å². The molecule has 3 heterocycles. The highest BCUT2D eigenvalue weighted by atomic mass is 19.1. The Morgan fingerprint density at radius 3 is 2.71 bits per heavy atom. The first-order valence-corrected chi connectivity index (χ1v) is 13.5. The number of rotatable bonds is 5. The van der Waals surface area contributed by atoms with Crippen LogP contribution in [0.5, 0.6) is 5.75 Å². The molecule has 0 saturated carbocycles. The van der Waals surface area contributed by atoms with Crippen LogP contribution in [0.15, 0.2) is 43.0 Å². The van der Waals surface area contributed by atoms with Crippen molar-refractivity contribution < 1.29 is 23.8 Å². The summed E-state index contributed by atoms with van der Waals surface area (Å²) in [4.78, 5) is 30.9. The summed E-state index contributed by atoms with van der Waals surface area (Å²) in [6.07, 6.45) is 5.97. The highest BCUT2D eigenvalue weighted by Gasteiger charge is 2.46. The monoisotopic (exact) mass is 519 g/mol. The van der Waals surface area contributed by atoms with Gasteiger partial charge in [0, 0.05) is 44.0 Å². The second-order valence-electron chi connectivity index (χ2n) is 11.2. The topological polar surface area (TPSA) is 73.3 Å². The molecule has 200 valence electrons. The van der Waals surface area contributed by atoms with Crippen molar-refractivity contribution >= 4 is 28.9 Å². The molecule has 2 atom stereocenters. The van der Waals surface area contributed by atoms with E-state index in [1.54, 1.807) is 24.1 Å². The minimum atomic E-state index is -0.815. The SMILES string of the molecule is C=CC(=O)N1C[C@@H]2CCCN2c2cc(N3CCC4(CC3)C[C@@H](CC(=O)O)c3ccc(F)cc34)cc(OC)c21. The average molecular weight is 520 g/mol. The molecule has 2 aromatic rings. The number of carboxylic acids is 1. The summed E-state index contributed by atoms with van der Waals surface area (Å²) in [5.74, 6) is -0.608. The third-order valence-corrected chi connectivity index (χ3v) is 9.22. The zero-order chi connectivity index (χ0) is 26.6. The number of carbonyl (C=O) groups is 2. The molecular weight excluding hydrogens is 485 g/mol. The highest BCUT2D eigenvalue weighted by Crippen LogP contribution is 2.54. The lowest BCUT2D eigenvalue weighted by molar-refractivity contribution is -0.137. The number of carbonyl (C=O) groups excluding carboxylic acids is 1. The Morgan fingerprint density at radius 1 is 1.21 bits per heavy atom. The fraction of sp³-hybridized carbons (Fsp3) is 0.467. The Labute approximate surface area is 222 Å². The number of carboxylic acid groups (broad SMARTS) is 1. The summed E-state index contributed by atoms with van der Waals surface area (Å²) in [6, 6.07) is 9.36. The molecule has 1 N–H and O–H groups in total. The lowest BCUT2D eigenvalue weighted by Crippen LogP contribution is -2.48. The first kappa shape index (κ1) is 24.8. The predicted molar refractivity (Wildman–Crippen MR) is 145 cm³/mol. The van der Waals surface area contributed by atoms with E-state index in [9.17, 15) is 19.1 Å². The van der Waals surface area contributed by atoms with Gasteiger partial charge in [-0.15, -0.1) is 0 Å². The van der Waals surface area contributed by atoms with Crippen LogP contribution in [-0.4, -0.2) is 56.3 Å². The van der Waals surface area contributed by atoms with Gasteiger partial charge < -0.3 is 24.5 Å². The molecule has 8 heteroatoms. The van der Waals surface area contributed by atoms with Gasteiger partial charge in [-0.1, -0.05) is 12.6 Å². The van der Waals surface area contributed by atoms with Crippen LogP contribution in [-0.2, 0) is 15.0 Å². The molecule has 2 fully saturated rings. The van der Waals surface area contributed by atoms with Crippen molar-refractivity contribution in [2.75, 3.05) is 48.0 Å². The van der Waals surface area contributed by atoms with Crippen molar-refractivity contribution in [2.24, 2.45) is 0 Å². The maximum atomic E-state index is 14.3. The third kappa shape index (κ3) is 3.92. The Kier molecular flexibility index (Phi) is 6.08. The fourth-order valence-electron chi connectivity index (χ4n) is 7.46. The van der Waals surface area contributed by atoms with Crippen molar-refractivity contribution in [3.05, 3.63) is 59.9 Å². The van der Waals surface area contributed by atoms with E-state index >= 15 is 0 Å². The summed E-state index contributed by atoms with van der Waals surface area (Å²) in [5, 5.41) is 9.48. The van der Waals surface area contributed by atoms with Crippen LogP contribution in [0.1, 0.15) is 55.6 Å². The van der Waals surface area contributed by atoms with E-state index in [0.717, 1.165) is 79.9 Å². The molecule has 6 rings (SSSR count). The highest BCUT2D eigenvalue weighted by molar-refractivity contribution is 6.06. The predicted octanol–water partition coefficient (Wildman–Crippen LogP) is 4.84. The summed E-state index contributed by atoms with van der Waals surface area (Å²) in [7, 11) is 1.64. The second kappa shape index (κ2) is 9.33. The van der Waals surface area contributed by atoms with Gasteiger partial charge in [0.25, 0.3) is 5.91 Å². The molecule has 0 radical (unpaired) electrons. The van der Waals surface area contributed by atoms with Gasteiger partial charge in [0.2, 0.25) is 0 Å². The molecule has 2 aromatic carbocycles. The van der Waals surface area contributed by atoms with E-state index in [0.29, 0.717) is 12.3 Å². The van der Waals surface area contributed by atoms with Gasteiger partial charge in [-0.05, 0) is 78.8 Å². The van der Waals surface area contributed by atoms with Crippen LogP contribution in [0.2, 0.25) is 0 Å². The quantitative estimate of drug-likeness (QED) is 0.571. The summed E-state index contributed by atoms with van der Waals surface area (Å²) >= 11 is 0. The largest absolute Gasteiger partial charge is 0.494 e. The zero-order valence-corrected chi connectivity index (χ0v) is 21.8. The summed E-state index contributed by atoms with van der Waals surface area (Å²) in [5.41, 5.74) is 4.66. The van der Waals surface area contributed by atoms with E-state index in [1.165, 1.54) is 12.1 Å². The van der Waals surface area contributed by atoms with Crippen LogP contribution >= 0.6 is 0 Å². The first-order valence-electron chi connectivity index (χ1n) is 13.5. The minimum absolute atomic E-state index is 0.0725. The number of fused-ring (bicyclic) bond motifs is 5. The van der Waals surface area contributed by atoms with Crippen molar-refractivity contribution in [3.8, 4) is 5.75 Å². The molecule has 0 bridgehead atoms. The molecule has 4 aliphatic rings. The number of hydrogen-bond donors (Lipinski definition) is 1. The Balaban J connectivity index is 1.31. The van der Waals surface area contributed by atoms with Crippen molar-refractivity contribution in [3.63, 3.8) is 0 Å². The Morgan fingerprint density at radius 2 is 2.00 bits per heavy atom. The number of methoxy groups -OCH3 is 1. The van der Waals surface area contributed by atoms with Crippen LogP contribution in [0.25, 0.3) is 0 Å². The van der Waals surface area contributed by atoms with E-state index in [-0.39, 0.29) is 35.5 Å². The lowest BCUT2D eigenvalue weighted by atomic mass is 9.73. The number of piperidine rings is 1. The molecule has 2 saturated heterocycles. The number of ether oxygens (including phenoxy) is 1. The summed E-state index contributed by atoms with van der Waals surface area (Å²) < 4.78 is 20.2. The molecule has 0 unspecified atom stereocenters. The molecule has 38 heavy (non-hydrogen) atoms. The lowest BCUT2D eigenvalue weighted by Gasteiger charge is -2.43. The maximum absolute atomic E-state index is 14.3. The van der Waals surface area contributed by atoms with Crippen molar-refractivity contribution in [1.82, 2.24) is 0 Å². The molecule has 0 aromatic heterocycles. The second-order valence-corrected chi connectivity index (χ2v) is 11.2. The molecule has 3 aliphatic heterocycles. The number of anilines is 3. The summed E-state index contributed by atoms with van der Waals surface area (Å²) in [6.45, 7) is 6.84. The molecule has 1 aliphatic carbocycles. The standard InChI is InChI=1S/C30H34FN3O4/c1-3-27(35)34-18-21-5-4-10-33(21)25-15-22(16-26(38-2)29(25)34)32-11-8-30(9-12-32)17-19(13-28(36)37)23-7-6-20(31)14-24(23)30/h3,6-7,14-16,19,21H,1,4-5,8-13,17-18H2,2H3,(H,36,37)/t19-,21+/m1/s1. The number of aliphatic carboxylic acids is 1. The molecule has 1 amide bonds. The molecular formula is C30H34FN3O4. The van der Waals surface area contributed by atoms with Gasteiger partial charge in [0.05, 0.1) is 19.2 Å². The van der Waals surface area contributed by atoms with E-state index < -0.39 is 5.97 Å². The van der Waals surface area contributed by atoms with E-state index in [2.05, 4.69) is 22.4 Å². The van der Waals surface area contributed by atoms with E-state index in [1.807, 2.05) is 6.07 Å². The normalized spacial score (nSPS) is 23.2. The van der Waals surface area contributed by atoms with Gasteiger partial charge in [-0.25, -0.2) is 4.39 Å². The van der Waals surface area contributed by atoms with Gasteiger partial charge in [0.1, 0.15) is 17.3 Å². The number of benzene rings is 2. The van der Waals surface area contributed by atoms with Crippen molar-refractivity contribution in [1.29, 1.82) is 0 Å². The van der Waals surface area contributed by atoms with Gasteiger partial charge in [-0.2, -0.15) is 0 Å². The Hall–Kier alpha value is -3.55. The number of nitrogens with zero attached hydrogens (tertiary/aromatic N) is 3. The smallest absolute Gasteiger partial charge is 0.303 e. The average Bonchev–Trinajstić information content (AvgIpc) is 3.50. The third-order valence-electron chi connectivity index (χ3n) is 9.22. The minimum Gasteiger partial charge on any atom is -0.494 e. The van der Waals surface area contributed by atoms with Crippen LogP contribution in [0.3, 0.4) is 0 Å². The first-order chi connectivity index (χ1) is 18.3. The van der Waals surface area contributed by atoms with E-state index in [4.69, 9.17) is 4.74 Å². The number of amides is 1. The van der Waals surface area contributed by atoms with Gasteiger partial charge in [-0.3, -0.25) is 9.59 Å². The Bertz CT molecular complexity index is 1300.